The molecule has 1 saturated carbocycles. The quantitative estimate of drug-likeness (QED) is 0.666. The van der Waals surface area contributed by atoms with E-state index in [9.17, 15) is 9.59 Å². The molecule has 27 heavy (non-hydrogen) atoms. The molecule has 1 aliphatic rings. The summed E-state index contributed by atoms with van der Waals surface area (Å²) < 4.78 is 0. The number of nitrogens with one attached hydrogen (secondary N) is 2. The summed E-state index contributed by atoms with van der Waals surface area (Å²) in [6, 6.07) is 5.07. The van der Waals surface area contributed by atoms with E-state index in [1.54, 1.807) is 18.2 Å². The molecule has 0 aromatic heterocycles. The molecule has 0 spiro atoms. The molecule has 1 fully saturated rings. The van der Waals surface area contributed by atoms with Gasteiger partial charge < -0.3 is 16.4 Å². The van der Waals surface area contributed by atoms with E-state index in [0.29, 0.717) is 35.2 Å². The first-order valence-electron chi connectivity index (χ1n) is 9.30. The van der Waals surface area contributed by atoms with Crippen molar-refractivity contribution in [1.82, 2.24) is 5.32 Å². The van der Waals surface area contributed by atoms with Crippen molar-refractivity contribution in [2.75, 3.05) is 11.9 Å². The van der Waals surface area contributed by atoms with Crippen LogP contribution >= 0.6 is 24.0 Å². The Morgan fingerprint density at radius 3 is 2.52 bits per heavy atom. The molecule has 7 heteroatoms. The molecule has 5 nitrogen and oxygen atoms in total. The highest BCUT2D eigenvalue weighted by atomic mass is 35.5. The number of rotatable bonds is 5. The van der Waals surface area contributed by atoms with Crippen molar-refractivity contribution >= 4 is 41.5 Å². The second-order valence-corrected chi connectivity index (χ2v) is 8.75. The van der Waals surface area contributed by atoms with Gasteiger partial charge in [0, 0.05) is 18.2 Å². The largest absolute Gasteiger partial charge is 0.349 e. The van der Waals surface area contributed by atoms with Gasteiger partial charge in [-0.2, -0.15) is 0 Å². The Hall–Kier alpha value is -1.30. The van der Waals surface area contributed by atoms with Crippen LogP contribution in [0, 0.1) is 11.3 Å². The lowest BCUT2D eigenvalue weighted by Gasteiger charge is -2.31. The second kappa shape index (κ2) is 10.3. The molecule has 1 aliphatic carbocycles. The van der Waals surface area contributed by atoms with Gasteiger partial charge in [0.15, 0.2) is 0 Å². The summed E-state index contributed by atoms with van der Waals surface area (Å²) in [6.07, 6.45) is 4.63. The molecule has 0 aliphatic heterocycles. The molecule has 0 radical (unpaired) electrons. The van der Waals surface area contributed by atoms with Gasteiger partial charge in [-0.05, 0) is 48.9 Å². The van der Waals surface area contributed by atoms with E-state index in [1.807, 2.05) is 20.8 Å². The molecule has 2 unspecified atom stereocenters. The average Bonchev–Trinajstić information content (AvgIpc) is 2.55. The van der Waals surface area contributed by atoms with Crippen molar-refractivity contribution in [1.29, 1.82) is 0 Å². The van der Waals surface area contributed by atoms with Crippen LogP contribution in [0.4, 0.5) is 5.69 Å². The van der Waals surface area contributed by atoms with Crippen molar-refractivity contribution in [3.05, 3.63) is 28.8 Å². The molecule has 1 aromatic rings. The van der Waals surface area contributed by atoms with E-state index >= 15 is 0 Å². The molecular weight excluding hydrogens is 385 g/mol. The van der Waals surface area contributed by atoms with Crippen LogP contribution in [-0.2, 0) is 4.79 Å². The summed E-state index contributed by atoms with van der Waals surface area (Å²) in [4.78, 5) is 24.8. The van der Waals surface area contributed by atoms with Crippen LogP contribution in [0.25, 0.3) is 0 Å². The van der Waals surface area contributed by atoms with Crippen molar-refractivity contribution in [2.45, 2.75) is 58.9 Å². The number of amides is 2. The molecule has 1 aromatic carbocycles. The highest BCUT2D eigenvalue weighted by molar-refractivity contribution is 6.34. The fourth-order valence-electron chi connectivity index (χ4n) is 3.39. The monoisotopic (exact) mass is 415 g/mol. The Bertz CT molecular complexity index is 659. The number of anilines is 1. The van der Waals surface area contributed by atoms with Gasteiger partial charge in [0.25, 0.3) is 5.91 Å². The Kier molecular flexibility index (Phi) is 9.06. The SMILES string of the molecule is CC(C)(C)CC(=O)Nc1ccc(Cl)c(C(=O)NC2CCCCC2CN)c1.Cl. The molecule has 2 rings (SSSR count). The van der Waals surface area contributed by atoms with Crippen LogP contribution in [0.3, 0.4) is 0 Å². The molecule has 2 atom stereocenters. The van der Waals surface area contributed by atoms with Gasteiger partial charge in [0.05, 0.1) is 10.6 Å². The molecule has 4 N–H and O–H groups in total. The number of hydrogen-bond acceptors (Lipinski definition) is 3. The van der Waals surface area contributed by atoms with Crippen LogP contribution in [-0.4, -0.2) is 24.4 Å². The minimum atomic E-state index is -0.215. The highest BCUT2D eigenvalue weighted by Gasteiger charge is 2.26. The number of carbonyl (C=O) groups excluding carboxylic acids is 2. The first kappa shape index (κ1) is 23.7. The minimum absolute atomic E-state index is 0. The maximum absolute atomic E-state index is 12.7. The summed E-state index contributed by atoms with van der Waals surface area (Å²) in [5.74, 6) is 0.00933. The van der Waals surface area contributed by atoms with Crippen LogP contribution in [0.2, 0.25) is 5.02 Å². The van der Waals surface area contributed by atoms with E-state index in [2.05, 4.69) is 10.6 Å². The lowest BCUT2D eigenvalue weighted by molar-refractivity contribution is -0.117. The third kappa shape index (κ3) is 7.32. The van der Waals surface area contributed by atoms with Crippen molar-refractivity contribution in [3.63, 3.8) is 0 Å². The predicted molar refractivity (Wildman–Crippen MR) is 114 cm³/mol. The zero-order valence-corrected chi connectivity index (χ0v) is 17.9. The van der Waals surface area contributed by atoms with Gasteiger partial charge in [0.2, 0.25) is 5.91 Å². The molecular formula is C20H31Cl2N3O2. The van der Waals surface area contributed by atoms with Crippen molar-refractivity contribution in [2.24, 2.45) is 17.1 Å². The lowest BCUT2D eigenvalue weighted by Crippen LogP contribution is -2.44. The second-order valence-electron chi connectivity index (χ2n) is 8.34. The molecule has 152 valence electrons. The first-order chi connectivity index (χ1) is 12.2. The smallest absolute Gasteiger partial charge is 0.253 e. The summed E-state index contributed by atoms with van der Waals surface area (Å²) in [5.41, 5.74) is 6.69. The fraction of sp³-hybridized carbons (Fsp3) is 0.600. The number of halogens is 2. The van der Waals surface area contributed by atoms with Crippen LogP contribution in [0.5, 0.6) is 0 Å². The van der Waals surface area contributed by atoms with Crippen molar-refractivity contribution in [3.8, 4) is 0 Å². The number of nitrogens with two attached hydrogens (primary N) is 1. The van der Waals surface area contributed by atoms with Gasteiger partial charge in [-0.1, -0.05) is 45.2 Å². The van der Waals surface area contributed by atoms with Crippen molar-refractivity contribution < 1.29 is 9.59 Å². The van der Waals surface area contributed by atoms with Gasteiger partial charge in [-0.25, -0.2) is 0 Å². The predicted octanol–water partition coefficient (Wildman–Crippen LogP) is 4.38. The summed E-state index contributed by atoms with van der Waals surface area (Å²) in [7, 11) is 0. The van der Waals surface area contributed by atoms with E-state index in [1.165, 1.54) is 0 Å². The van der Waals surface area contributed by atoms with Crippen LogP contribution in [0.15, 0.2) is 18.2 Å². The van der Waals surface area contributed by atoms with E-state index < -0.39 is 0 Å². The van der Waals surface area contributed by atoms with Crippen LogP contribution in [0.1, 0.15) is 63.2 Å². The number of benzene rings is 1. The van der Waals surface area contributed by atoms with Gasteiger partial charge in [-0.15, -0.1) is 12.4 Å². The Balaban J connectivity index is 0.00000364. The molecule has 0 saturated heterocycles. The zero-order valence-electron chi connectivity index (χ0n) is 16.3. The van der Waals surface area contributed by atoms with Gasteiger partial charge in [-0.3, -0.25) is 9.59 Å². The Labute approximate surface area is 173 Å². The lowest BCUT2D eigenvalue weighted by atomic mass is 9.84. The molecule has 0 bridgehead atoms. The summed E-state index contributed by atoms with van der Waals surface area (Å²) in [6.45, 7) is 6.59. The average molecular weight is 416 g/mol. The third-order valence-electron chi connectivity index (χ3n) is 4.71. The topological polar surface area (TPSA) is 84.2 Å². The third-order valence-corrected chi connectivity index (χ3v) is 5.04. The highest BCUT2D eigenvalue weighted by Crippen LogP contribution is 2.26. The Morgan fingerprint density at radius 1 is 1.22 bits per heavy atom. The van der Waals surface area contributed by atoms with Crippen LogP contribution < -0.4 is 16.4 Å². The standard InChI is InChI=1S/C20H30ClN3O2.ClH/c1-20(2,3)11-18(25)23-14-8-9-16(21)15(10-14)19(26)24-17-7-5-4-6-13(17)12-22;/h8-10,13,17H,4-7,11-12,22H2,1-3H3,(H,23,25)(H,24,26);1H. The summed E-state index contributed by atoms with van der Waals surface area (Å²) in [5, 5.41) is 6.30. The fourth-order valence-corrected chi connectivity index (χ4v) is 3.59. The van der Waals surface area contributed by atoms with Gasteiger partial charge in [0.1, 0.15) is 0 Å². The number of carbonyl (C=O) groups is 2. The maximum Gasteiger partial charge on any atom is 0.253 e. The Morgan fingerprint density at radius 2 is 1.89 bits per heavy atom. The van der Waals surface area contributed by atoms with E-state index in [0.717, 1.165) is 25.7 Å². The van der Waals surface area contributed by atoms with Gasteiger partial charge >= 0.3 is 0 Å². The maximum atomic E-state index is 12.7. The van der Waals surface area contributed by atoms with E-state index in [-0.39, 0.29) is 35.7 Å². The number of hydrogen-bond donors (Lipinski definition) is 3. The summed E-state index contributed by atoms with van der Waals surface area (Å²) >= 11 is 6.22. The minimum Gasteiger partial charge on any atom is -0.349 e. The normalized spacial score (nSPS) is 19.7. The molecule has 2 amide bonds. The molecule has 0 heterocycles. The first-order valence-corrected chi connectivity index (χ1v) is 9.68. The van der Waals surface area contributed by atoms with E-state index in [4.69, 9.17) is 17.3 Å². The zero-order chi connectivity index (χ0) is 19.3.